The predicted octanol–water partition coefficient (Wildman–Crippen LogP) is 2.67. The zero-order chi connectivity index (χ0) is 10.1. The Bertz CT molecular complexity index is 193. The number of hydrogen-bond acceptors (Lipinski definition) is 2. The minimum absolute atomic E-state index is 0.784. The van der Waals surface area contributed by atoms with E-state index in [1.54, 1.807) is 0 Å². The van der Waals surface area contributed by atoms with Crippen molar-refractivity contribution < 1.29 is 0 Å². The van der Waals surface area contributed by atoms with Crippen LogP contribution < -0.4 is 0 Å². The van der Waals surface area contributed by atoms with Gasteiger partial charge >= 0.3 is 0 Å². The third-order valence-electron chi connectivity index (χ3n) is 4.17. The molecule has 1 aliphatic heterocycles. The Kier molecular flexibility index (Phi) is 3.43. The van der Waals surface area contributed by atoms with E-state index in [4.69, 9.17) is 0 Å². The lowest BCUT2D eigenvalue weighted by Gasteiger charge is -2.31. The van der Waals surface area contributed by atoms with Crippen LogP contribution in [0.15, 0.2) is 0 Å². The van der Waals surface area contributed by atoms with Gasteiger partial charge in [-0.2, -0.15) is 12.6 Å². The first-order chi connectivity index (χ1) is 6.70. The molecule has 2 aliphatic rings. The van der Waals surface area contributed by atoms with Gasteiger partial charge in [0.2, 0.25) is 0 Å². The Labute approximate surface area is 93.7 Å². The predicted molar refractivity (Wildman–Crippen MR) is 64.9 cm³/mol. The fourth-order valence-electron chi connectivity index (χ4n) is 3.03. The SMILES string of the molecule is CC(C)C(CS)CN1CC2CCC1C2. The second kappa shape index (κ2) is 4.44. The van der Waals surface area contributed by atoms with Crippen LogP contribution >= 0.6 is 12.6 Å². The molecule has 1 heterocycles. The fourth-order valence-corrected chi connectivity index (χ4v) is 3.57. The summed E-state index contributed by atoms with van der Waals surface area (Å²) in [4.78, 5) is 2.73. The van der Waals surface area contributed by atoms with E-state index in [0.29, 0.717) is 0 Å². The highest BCUT2D eigenvalue weighted by Crippen LogP contribution is 2.38. The van der Waals surface area contributed by atoms with Crippen LogP contribution in [0, 0.1) is 17.8 Å². The average Bonchev–Trinajstić information content (AvgIpc) is 2.74. The van der Waals surface area contributed by atoms with Crippen LogP contribution in [0.2, 0.25) is 0 Å². The fraction of sp³-hybridized carbons (Fsp3) is 1.00. The summed E-state index contributed by atoms with van der Waals surface area (Å²) in [6.07, 6.45) is 4.44. The molecule has 1 saturated heterocycles. The van der Waals surface area contributed by atoms with Crippen LogP contribution in [0.5, 0.6) is 0 Å². The lowest BCUT2D eigenvalue weighted by molar-refractivity contribution is 0.171. The molecular formula is C12H23NS. The highest BCUT2D eigenvalue weighted by atomic mass is 32.1. The van der Waals surface area contributed by atoms with Gasteiger partial charge in [-0.3, -0.25) is 4.90 Å². The summed E-state index contributed by atoms with van der Waals surface area (Å²) in [7, 11) is 0. The quantitative estimate of drug-likeness (QED) is 0.703. The molecule has 0 aromatic heterocycles. The van der Waals surface area contributed by atoms with Crippen LogP contribution in [0.3, 0.4) is 0 Å². The molecule has 2 bridgehead atoms. The van der Waals surface area contributed by atoms with E-state index in [1.807, 2.05) is 0 Å². The first kappa shape index (κ1) is 10.8. The van der Waals surface area contributed by atoms with E-state index in [1.165, 1.54) is 32.4 Å². The van der Waals surface area contributed by atoms with Crippen molar-refractivity contribution in [1.82, 2.24) is 4.90 Å². The van der Waals surface area contributed by atoms with E-state index in [2.05, 4.69) is 31.4 Å². The molecule has 0 spiro atoms. The normalized spacial score (nSPS) is 34.3. The highest BCUT2D eigenvalue weighted by molar-refractivity contribution is 7.80. The third-order valence-corrected chi connectivity index (χ3v) is 4.64. The minimum atomic E-state index is 0.784. The van der Waals surface area contributed by atoms with Crippen LogP contribution in [-0.4, -0.2) is 29.8 Å². The topological polar surface area (TPSA) is 3.24 Å². The summed E-state index contributed by atoms with van der Waals surface area (Å²) >= 11 is 4.47. The molecule has 3 atom stereocenters. The maximum atomic E-state index is 4.47. The highest BCUT2D eigenvalue weighted by Gasteiger charge is 2.38. The summed E-state index contributed by atoms with van der Waals surface area (Å²) in [5.41, 5.74) is 0. The Hall–Kier alpha value is 0.310. The van der Waals surface area contributed by atoms with Crippen LogP contribution in [0.25, 0.3) is 0 Å². The van der Waals surface area contributed by atoms with Gasteiger partial charge in [0.15, 0.2) is 0 Å². The van der Waals surface area contributed by atoms with Crippen molar-refractivity contribution in [3.8, 4) is 0 Å². The van der Waals surface area contributed by atoms with Crippen molar-refractivity contribution in [2.75, 3.05) is 18.8 Å². The summed E-state index contributed by atoms with van der Waals surface area (Å²) in [6, 6.07) is 0.932. The van der Waals surface area contributed by atoms with Gasteiger partial charge in [0.1, 0.15) is 0 Å². The zero-order valence-corrected chi connectivity index (χ0v) is 10.3. The number of rotatable bonds is 4. The maximum Gasteiger partial charge on any atom is 0.00987 e. The van der Waals surface area contributed by atoms with E-state index < -0.39 is 0 Å². The molecule has 1 saturated carbocycles. The van der Waals surface area contributed by atoms with Crippen molar-refractivity contribution in [3.05, 3.63) is 0 Å². The van der Waals surface area contributed by atoms with Gasteiger partial charge in [0, 0.05) is 19.1 Å². The lowest BCUT2D eigenvalue weighted by Crippen LogP contribution is -2.38. The third kappa shape index (κ3) is 2.11. The van der Waals surface area contributed by atoms with Gasteiger partial charge in [-0.25, -0.2) is 0 Å². The monoisotopic (exact) mass is 213 g/mol. The summed E-state index contributed by atoms with van der Waals surface area (Å²) in [5.74, 6) is 3.66. The summed E-state index contributed by atoms with van der Waals surface area (Å²) < 4.78 is 0. The standard InChI is InChI=1S/C12H23NS/c1-9(2)11(8-14)7-13-6-10-3-4-12(13)5-10/h9-12,14H,3-8H2,1-2H3. The minimum Gasteiger partial charge on any atom is -0.300 e. The molecule has 1 aliphatic carbocycles. The van der Waals surface area contributed by atoms with Gasteiger partial charge in [0.25, 0.3) is 0 Å². The Morgan fingerprint density at radius 3 is 2.57 bits per heavy atom. The van der Waals surface area contributed by atoms with Gasteiger partial charge in [-0.05, 0) is 42.8 Å². The van der Waals surface area contributed by atoms with Crippen molar-refractivity contribution >= 4 is 12.6 Å². The Morgan fingerprint density at radius 1 is 1.36 bits per heavy atom. The maximum absolute atomic E-state index is 4.47. The molecule has 0 aromatic rings. The molecule has 14 heavy (non-hydrogen) atoms. The Morgan fingerprint density at radius 2 is 2.14 bits per heavy atom. The van der Waals surface area contributed by atoms with Gasteiger partial charge in [0.05, 0.1) is 0 Å². The average molecular weight is 213 g/mol. The first-order valence-corrected chi connectivity index (χ1v) is 6.69. The molecule has 0 amide bonds. The molecule has 0 aromatic carbocycles. The smallest absolute Gasteiger partial charge is 0.00987 e. The van der Waals surface area contributed by atoms with E-state index in [-0.39, 0.29) is 0 Å². The first-order valence-electron chi connectivity index (χ1n) is 6.05. The molecule has 2 fully saturated rings. The number of thiol groups is 1. The molecule has 0 radical (unpaired) electrons. The van der Waals surface area contributed by atoms with Crippen LogP contribution in [0.4, 0.5) is 0 Å². The lowest BCUT2D eigenvalue weighted by atomic mass is 9.96. The van der Waals surface area contributed by atoms with Crippen LogP contribution in [0.1, 0.15) is 33.1 Å². The number of likely N-dealkylation sites (tertiary alicyclic amines) is 1. The largest absolute Gasteiger partial charge is 0.300 e. The zero-order valence-electron chi connectivity index (χ0n) is 9.45. The number of fused-ring (bicyclic) bond motifs is 2. The van der Waals surface area contributed by atoms with Crippen molar-refractivity contribution in [2.24, 2.45) is 17.8 Å². The van der Waals surface area contributed by atoms with Gasteiger partial charge in [-0.1, -0.05) is 13.8 Å². The summed E-state index contributed by atoms with van der Waals surface area (Å²) in [6.45, 7) is 7.33. The molecule has 2 rings (SSSR count). The van der Waals surface area contributed by atoms with Gasteiger partial charge < -0.3 is 0 Å². The second-order valence-corrected chi connectivity index (χ2v) is 5.84. The van der Waals surface area contributed by atoms with E-state index >= 15 is 0 Å². The number of hydrogen-bond donors (Lipinski definition) is 1. The van der Waals surface area contributed by atoms with Crippen molar-refractivity contribution in [3.63, 3.8) is 0 Å². The number of nitrogens with zero attached hydrogens (tertiary/aromatic N) is 1. The molecule has 82 valence electrons. The number of piperidine rings is 1. The molecule has 1 nitrogen and oxygen atoms in total. The second-order valence-electron chi connectivity index (χ2n) is 5.47. The molecule has 0 N–H and O–H groups in total. The molecule has 3 unspecified atom stereocenters. The van der Waals surface area contributed by atoms with Crippen molar-refractivity contribution in [2.45, 2.75) is 39.2 Å². The van der Waals surface area contributed by atoms with Crippen LogP contribution in [-0.2, 0) is 0 Å². The van der Waals surface area contributed by atoms with Crippen molar-refractivity contribution in [1.29, 1.82) is 0 Å². The van der Waals surface area contributed by atoms with E-state index in [9.17, 15) is 0 Å². The molecular weight excluding hydrogens is 190 g/mol. The summed E-state index contributed by atoms with van der Waals surface area (Å²) in [5, 5.41) is 0. The van der Waals surface area contributed by atoms with Gasteiger partial charge in [-0.15, -0.1) is 0 Å². The molecule has 2 heteroatoms. The van der Waals surface area contributed by atoms with E-state index in [0.717, 1.165) is 29.5 Å². The Balaban J connectivity index is 1.85.